The van der Waals surface area contributed by atoms with Gasteiger partial charge < -0.3 is 4.90 Å². The molecule has 84 valence electrons. The van der Waals surface area contributed by atoms with Crippen molar-refractivity contribution in [1.82, 2.24) is 10.2 Å². The van der Waals surface area contributed by atoms with E-state index in [-0.39, 0.29) is 0 Å². The lowest BCUT2D eigenvalue weighted by Gasteiger charge is -2.34. The maximum atomic E-state index is 12.3. The van der Waals surface area contributed by atoms with E-state index >= 15 is 0 Å². The summed E-state index contributed by atoms with van der Waals surface area (Å²) in [5, 5.41) is 6.19. The molecular formula is C8H10F3N3S. The monoisotopic (exact) mass is 237 g/mol. The first-order valence-electron chi connectivity index (χ1n) is 4.62. The second-order valence-corrected chi connectivity index (χ2v) is 4.54. The normalized spacial score (nSPS) is 17.6. The molecule has 0 bridgehead atoms. The molecule has 0 spiro atoms. The highest BCUT2D eigenvalue weighted by Crippen LogP contribution is 2.36. The minimum absolute atomic E-state index is 0.332. The molecule has 1 heterocycles. The van der Waals surface area contributed by atoms with E-state index in [1.165, 1.54) is 0 Å². The minimum atomic E-state index is -4.38. The summed E-state index contributed by atoms with van der Waals surface area (Å²) in [4.78, 5) is 1.79. The summed E-state index contributed by atoms with van der Waals surface area (Å²) >= 11 is 0.604. The lowest BCUT2D eigenvalue weighted by molar-refractivity contribution is -0.138. The maximum Gasteiger partial charge on any atom is 0.445 e. The first kappa shape index (κ1) is 10.7. The summed E-state index contributed by atoms with van der Waals surface area (Å²) in [5.41, 5.74) is 0. The van der Waals surface area contributed by atoms with Crippen molar-refractivity contribution in [2.24, 2.45) is 0 Å². The van der Waals surface area contributed by atoms with Crippen molar-refractivity contribution in [2.75, 3.05) is 11.9 Å². The van der Waals surface area contributed by atoms with Crippen molar-refractivity contribution in [3.63, 3.8) is 0 Å². The molecule has 1 aromatic rings. The van der Waals surface area contributed by atoms with Crippen LogP contribution in [0.5, 0.6) is 0 Å². The predicted molar refractivity (Wildman–Crippen MR) is 51.0 cm³/mol. The highest BCUT2D eigenvalue weighted by molar-refractivity contribution is 7.15. The number of rotatable bonds is 2. The predicted octanol–water partition coefficient (Wildman–Crippen LogP) is 2.55. The third-order valence-electron chi connectivity index (χ3n) is 2.58. The molecule has 0 radical (unpaired) electrons. The quantitative estimate of drug-likeness (QED) is 0.791. The van der Waals surface area contributed by atoms with Gasteiger partial charge in [-0.25, -0.2) is 0 Å². The molecule has 1 fully saturated rings. The largest absolute Gasteiger partial charge is 0.445 e. The first-order valence-corrected chi connectivity index (χ1v) is 5.43. The van der Waals surface area contributed by atoms with E-state index in [0.717, 1.165) is 19.3 Å². The van der Waals surface area contributed by atoms with Crippen molar-refractivity contribution in [3.05, 3.63) is 5.01 Å². The van der Waals surface area contributed by atoms with Gasteiger partial charge in [-0.3, -0.25) is 0 Å². The summed E-state index contributed by atoms with van der Waals surface area (Å²) in [6, 6.07) is 0.332. The Balaban J connectivity index is 2.12. The number of alkyl halides is 3. The smallest absolute Gasteiger partial charge is 0.347 e. The molecule has 1 aliphatic carbocycles. The van der Waals surface area contributed by atoms with Crippen molar-refractivity contribution < 1.29 is 13.2 Å². The molecule has 7 heteroatoms. The van der Waals surface area contributed by atoms with E-state index in [1.54, 1.807) is 11.9 Å². The van der Waals surface area contributed by atoms with Crippen molar-refractivity contribution in [3.8, 4) is 0 Å². The van der Waals surface area contributed by atoms with Gasteiger partial charge in [-0.05, 0) is 19.3 Å². The van der Waals surface area contributed by atoms with Crippen LogP contribution in [0, 0.1) is 0 Å². The average molecular weight is 237 g/mol. The van der Waals surface area contributed by atoms with Gasteiger partial charge >= 0.3 is 6.18 Å². The molecule has 15 heavy (non-hydrogen) atoms. The van der Waals surface area contributed by atoms with Gasteiger partial charge in [-0.15, -0.1) is 10.2 Å². The Labute approximate surface area is 88.9 Å². The van der Waals surface area contributed by atoms with Gasteiger partial charge in [0, 0.05) is 13.1 Å². The third kappa shape index (κ3) is 2.06. The third-order valence-corrected chi connectivity index (χ3v) is 3.64. The van der Waals surface area contributed by atoms with Gasteiger partial charge in [0.2, 0.25) is 10.1 Å². The molecule has 0 amide bonds. The molecule has 1 saturated carbocycles. The second kappa shape index (κ2) is 3.62. The number of anilines is 1. The summed E-state index contributed by atoms with van der Waals surface area (Å²) < 4.78 is 36.8. The molecule has 2 rings (SSSR count). The van der Waals surface area contributed by atoms with Gasteiger partial charge in [0.1, 0.15) is 0 Å². The number of hydrogen-bond donors (Lipinski definition) is 0. The van der Waals surface area contributed by atoms with Crippen LogP contribution in [0.4, 0.5) is 18.3 Å². The Morgan fingerprint density at radius 3 is 2.40 bits per heavy atom. The number of nitrogens with zero attached hydrogens (tertiary/aromatic N) is 3. The van der Waals surface area contributed by atoms with Crippen LogP contribution in [0.3, 0.4) is 0 Å². The van der Waals surface area contributed by atoms with E-state index < -0.39 is 11.2 Å². The highest BCUT2D eigenvalue weighted by atomic mass is 32.1. The van der Waals surface area contributed by atoms with E-state index in [2.05, 4.69) is 10.2 Å². The van der Waals surface area contributed by atoms with E-state index in [0.29, 0.717) is 22.5 Å². The Morgan fingerprint density at radius 1 is 1.33 bits per heavy atom. The minimum Gasteiger partial charge on any atom is -0.347 e. The summed E-state index contributed by atoms with van der Waals surface area (Å²) in [6.45, 7) is 0. The zero-order chi connectivity index (χ0) is 11.1. The van der Waals surface area contributed by atoms with Gasteiger partial charge in [-0.2, -0.15) is 13.2 Å². The Morgan fingerprint density at radius 2 is 2.00 bits per heavy atom. The van der Waals surface area contributed by atoms with Crippen molar-refractivity contribution in [2.45, 2.75) is 31.5 Å². The van der Waals surface area contributed by atoms with E-state index in [1.807, 2.05) is 0 Å². The fraction of sp³-hybridized carbons (Fsp3) is 0.750. The lowest BCUT2D eigenvalue weighted by Crippen LogP contribution is -2.36. The van der Waals surface area contributed by atoms with Crippen LogP contribution in [0.15, 0.2) is 0 Å². The van der Waals surface area contributed by atoms with E-state index in [9.17, 15) is 13.2 Å². The Bertz CT molecular complexity index is 345. The molecule has 0 N–H and O–H groups in total. The summed E-state index contributed by atoms with van der Waals surface area (Å²) in [5.74, 6) is 0. The van der Waals surface area contributed by atoms with Crippen LogP contribution in [0.25, 0.3) is 0 Å². The molecule has 0 aliphatic heterocycles. The summed E-state index contributed by atoms with van der Waals surface area (Å²) in [6.07, 6.45) is -1.19. The number of aromatic nitrogens is 2. The van der Waals surface area contributed by atoms with Crippen LogP contribution >= 0.6 is 11.3 Å². The molecule has 0 unspecified atom stereocenters. The zero-order valence-corrected chi connectivity index (χ0v) is 8.90. The van der Waals surface area contributed by atoms with Crippen LogP contribution in [-0.4, -0.2) is 23.3 Å². The molecule has 1 aliphatic rings. The Hall–Kier alpha value is -0.850. The summed E-state index contributed by atoms with van der Waals surface area (Å²) in [7, 11) is 1.77. The van der Waals surface area contributed by atoms with Gasteiger partial charge in [0.25, 0.3) is 0 Å². The van der Waals surface area contributed by atoms with Crippen molar-refractivity contribution >= 4 is 16.5 Å². The SMILES string of the molecule is CN(c1nnc(C(F)(F)F)s1)C1CCC1. The molecule has 3 nitrogen and oxygen atoms in total. The molecule has 0 aromatic carbocycles. The van der Waals surface area contributed by atoms with Gasteiger partial charge in [0.15, 0.2) is 0 Å². The molecule has 0 saturated heterocycles. The topological polar surface area (TPSA) is 29.0 Å². The zero-order valence-electron chi connectivity index (χ0n) is 8.08. The van der Waals surface area contributed by atoms with E-state index in [4.69, 9.17) is 0 Å². The number of halogens is 3. The van der Waals surface area contributed by atoms with Crippen LogP contribution in [-0.2, 0) is 6.18 Å². The Kier molecular flexibility index (Phi) is 2.57. The molecule has 0 atom stereocenters. The fourth-order valence-electron chi connectivity index (χ4n) is 1.40. The fourth-order valence-corrected chi connectivity index (χ4v) is 2.15. The van der Waals surface area contributed by atoms with Crippen LogP contribution in [0.1, 0.15) is 24.3 Å². The molecule has 1 aromatic heterocycles. The van der Waals surface area contributed by atoms with Crippen LogP contribution in [0.2, 0.25) is 0 Å². The van der Waals surface area contributed by atoms with Gasteiger partial charge in [0.05, 0.1) is 0 Å². The lowest BCUT2D eigenvalue weighted by atomic mass is 9.92. The second-order valence-electron chi connectivity index (χ2n) is 3.58. The number of hydrogen-bond acceptors (Lipinski definition) is 4. The van der Waals surface area contributed by atoms with Gasteiger partial charge in [-0.1, -0.05) is 11.3 Å². The van der Waals surface area contributed by atoms with Crippen LogP contribution < -0.4 is 4.90 Å². The molecular weight excluding hydrogens is 227 g/mol. The standard InChI is InChI=1S/C8H10F3N3S/c1-14(5-3-2-4-5)7-13-12-6(15-7)8(9,10)11/h5H,2-4H2,1H3. The average Bonchev–Trinajstić information content (AvgIpc) is 2.46. The first-order chi connectivity index (χ1) is 6.98. The highest BCUT2D eigenvalue weighted by Gasteiger charge is 2.36. The maximum absolute atomic E-state index is 12.3. The van der Waals surface area contributed by atoms with Crippen molar-refractivity contribution in [1.29, 1.82) is 0 Å².